The number of carbonyl (C=O) groups is 1. The predicted octanol–water partition coefficient (Wildman–Crippen LogP) is 2.84. The highest BCUT2D eigenvalue weighted by Gasteiger charge is 2.33. The van der Waals surface area contributed by atoms with Crippen LogP contribution >= 0.6 is 0 Å². The lowest BCUT2D eigenvalue weighted by Gasteiger charge is -2.32. The molecular formula is C16H21F3N2O. The van der Waals surface area contributed by atoms with Gasteiger partial charge in [-0.25, -0.2) is 0 Å². The summed E-state index contributed by atoms with van der Waals surface area (Å²) < 4.78 is 38.9. The second kappa shape index (κ2) is 7.13. The molecule has 2 N–H and O–H groups in total. The fraction of sp³-hybridized carbons (Fsp3) is 0.562. The van der Waals surface area contributed by atoms with Crippen molar-refractivity contribution < 1.29 is 18.0 Å². The lowest BCUT2D eigenvalue weighted by atomic mass is 9.90. The number of rotatable bonds is 5. The van der Waals surface area contributed by atoms with E-state index in [0.29, 0.717) is 24.3 Å². The van der Waals surface area contributed by atoms with Gasteiger partial charge >= 0.3 is 6.18 Å². The standard InChI is InChI=1S/C16H21F3N2O/c17-16(18,19)14-6-2-1-5-13(14)8-7-12-4-3-9-21(10-12)11-15(20)22/h1-2,5-6,12H,3-4,7-11H2,(H2,20,22)/t12-/m0/s1. The Morgan fingerprint density at radius 2 is 2.05 bits per heavy atom. The van der Waals surface area contributed by atoms with Crippen LogP contribution in [0.15, 0.2) is 24.3 Å². The molecule has 1 fully saturated rings. The van der Waals surface area contributed by atoms with Gasteiger partial charge in [-0.05, 0) is 49.8 Å². The second-order valence-electron chi connectivity index (χ2n) is 5.90. The first-order valence-electron chi connectivity index (χ1n) is 7.52. The highest BCUT2D eigenvalue weighted by Crippen LogP contribution is 2.33. The molecule has 1 amide bonds. The minimum atomic E-state index is -4.30. The molecule has 1 heterocycles. The predicted molar refractivity (Wildman–Crippen MR) is 78.1 cm³/mol. The normalized spacial score (nSPS) is 20.0. The molecule has 1 aliphatic heterocycles. The van der Waals surface area contributed by atoms with Gasteiger partial charge in [0.2, 0.25) is 5.91 Å². The van der Waals surface area contributed by atoms with Crippen molar-refractivity contribution in [1.29, 1.82) is 0 Å². The van der Waals surface area contributed by atoms with Crippen LogP contribution in [-0.4, -0.2) is 30.4 Å². The van der Waals surface area contributed by atoms with Crippen molar-refractivity contribution >= 4 is 5.91 Å². The summed E-state index contributed by atoms with van der Waals surface area (Å²) >= 11 is 0. The first kappa shape index (κ1) is 16.8. The van der Waals surface area contributed by atoms with E-state index >= 15 is 0 Å². The molecule has 1 aromatic rings. The van der Waals surface area contributed by atoms with E-state index in [2.05, 4.69) is 0 Å². The first-order chi connectivity index (χ1) is 10.4. The molecular weight excluding hydrogens is 293 g/mol. The summed E-state index contributed by atoms with van der Waals surface area (Å²) in [5.41, 5.74) is 5.00. The summed E-state index contributed by atoms with van der Waals surface area (Å²) in [4.78, 5) is 13.0. The zero-order chi connectivity index (χ0) is 16.2. The van der Waals surface area contributed by atoms with E-state index in [1.807, 2.05) is 4.90 Å². The molecule has 0 bridgehead atoms. The number of amides is 1. The average molecular weight is 314 g/mol. The van der Waals surface area contributed by atoms with Crippen LogP contribution in [0.3, 0.4) is 0 Å². The fourth-order valence-electron chi connectivity index (χ4n) is 3.13. The van der Waals surface area contributed by atoms with Gasteiger partial charge < -0.3 is 5.73 Å². The minimum absolute atomic E-state index is 0.232. The van der Waals surface area contributed by atoms with Gasteiger partial charge in [-0.1, -0.05) is 18.2 Å². The Labute approximate surface area is 128 Å². The van der Waals surface area contributed by atoms with Gasteiger partial charge in [-0.2, -0.15) is 13.2 Å². The maximum Gasteiger partial charge on any atom is 0.416 e. The van der Waals surface area contributed by atoms with E-state index in [4.69, 9.17) is 5.73 Å². The Morgan fingerprint density at radius 3 is 2.73 bits per heavy atom. The number of hydrogen-bond donors (Lipinski definition) is 1. The Balaban J connectivity index is 1.94. The van der Waals surface area contributed by atoms with E-state index in [-0.39, 0.29) is 12.5 Å². The van der Waals surface area contributed by atoms with Gasteiger partial charge in [0.05, 0.1) is 12.1 Å². The van der Waals surface area contributed by atoms with Gasteiger partial charge in [0.1, 0.15) is 0 Å². The van der Waals surface area contributed by atoms with Crippen molar-refractivity contribution in [2.45, 2.75) is 31.9 Å². The van der Waals surface area contributed by atoms with Crippen LogP contribution in [0, 0.1) is 5.92 Å². The van der Waals surface area contributed by atoms with Gasteiger partial charge in [0.25, 0.3) is 0 Å². The number of primary amides is 1. The highest BCUT2D eigenvalue weighted by molar-refractivity contribution is 5.75. The zero-order valence-corrected chi connectivity index (χ0v) is 12.4. The van der Waals surface area contributed by atoms with Crippen molar-refractivity contribution in [3.05, 3.63) is 35.4 Å². The quantitative estimate of drug-likeness (QED) is 0.908. The number of piperidine rings is 1. The third kappa shape index (κ3) is 4.73. The summed E-state index contributed by atoms with van der Waals surface area (Å²) in [6.07, 6.45) is -1.25. The molecule has 1 aromatic carbocycles. The average Bonchev–Trinajstić information content (AvgIpc) is 2.44. The Bertz CT molecular complexity index is 516. The molecule has 0 radical (unpaired) electrons. The van der Waals surface area contributed by atoms with Crippen LogP contribution in [0.2, 0.25) is 0 Å². The van der Waals surface area contributed by atoms with E-state index in [0.717, 1.165) is 32.0 Å². The minimum Gasteiger partial charge on any atom is -0.369 e. The molecule has 0 saturated carbocycles. The van der Waals surface area contributed by atoms with Crippen LogP contribution in [-0.2, 0) is 17.4 Å². The van der Waals surface area contributed by atoms with Crippen LogP contribution < -0.4 is 5.73 Å². The molecule has 0 aliphatic carbocycles. The summed E-state index contributed by atoms with van der Waals surface area (Å²) in [7, 11) is 0. The number of nitrogens with two attached hydrogens (primary N) is 1. The number of alkyl halides is 3. The number of benzene rings is 1. The van der Waals surface area contributed by atoms with E-state index in [9.17, 15) is 18.0 Å². The maximum absolute atomic E-state index is 13.0. The van der Waals surface area contributed by atoms with Crippen molar-refractivity contribution in [3.8, 4) is 0 Å². The molecule has 122 valence electrons. The Hall–Kier alpha value is -1.56. The number of aryl methyl sites for hydroxylation is 1. The lowest BCUT2D eigenvalue weighted by molar-refractivity contribution is -0.138. The van der Waals surface area contributed by atoms with Crippen molar-refractivity contribution in [2.24, 2.45) is 11.7 Å². The van der Waals surface area contributed by atoms with Gasteiger partial charge in [0, 0.05) is 6.54 Å². The molecule has 1 atom stereocenters. The second-order valence-corrected chi connectivity index (χ2v) is 5.90. The molecule has 0 spiro atoms. The topological polar surface area (TPSA) is 46.3 Å². The van der Waals surface area contributed by atoms with E-state index in [1.54, 1.807) is 12.1 Å². The molecule has 0 aromatic heterocycles. The Kier molecular flexibility index (Phi) is 5.45. The third-order valence-corrected chi connectivity index (χ3v) is 4.13. The third-order valence-electron chi connectivity index (χ3n) is 4.13. The summed E-state index contributed by atoms with van der Waals surface area (Å²) in [6.45, 7) is 1.80. The first-order valence-corrected chi connectivity index (χ1v) is 7.52. The molecule has 1 saturated heterocycles. The van der Waals surface area contributed by atoms with Crippen LogP contribution in [0.5, 0.6) is 0 Å². The molecule has 6 heteroatoms. The van der Waals surface area contributed by atoms with Crippen LogP contribution in [0.4, 0.5) is 13.2 Å². The number of nitrogens with zero attached hydrogens (tertiary/aromatic N) is 1. The van der Waals surface area contributed by atoms with Crippen molar-refractivity contribution in [3.63, 3.8) is 0 Å². The summed E-state index contributed by atoms with van der Waals surface area (Å²) in [6, 6.07) is 5.74. The van der Waals surface area contributed by atoms with Gasteiger partial charge in [-0.15, -0.1) is 0 Å². The summed E-state index contributed by atoms with van der Waals surface area (Å²) in [5, 5.41) is 0. The number of halogens is 3. The van der Waals surface area contributed by atoms with Crippen molar-refractivity contribution in [1.82, 2.24) is 4.90 Å². The zero-order valence-electron chi connectivity index (χ0n) is 12.4. The van der Waals surface area contributed by atoms with Gasteiger partial charge in [-0.3, -0.25) is 9.69 Å². The van der Waals surface area contributed by atoms with Gasteiger partial charge in [0.15, 0.2) is 0 Å². The van der Waals surface area contributed by atoms with E-state index < -0.39 is 11.7 Å². The Morgan fingerprint density at radius 1 is 1.32 bits per heavy atom. The molecule has 1 aliphatic rings. The monoisotopic (exact) mass is 314 g/mol. The lowest BCUT2D eigenvalue weighted by Crippen LogP contribution is -2.40. The van der Waals surface area contributed by atoms with E-state index in [1.165, 1.54) is 6.07 Å². The smallest absolute Gasteiger partial charge is 0.369 e. The molecule has 2 rings (SSSR count). The molecule has 3 nitrogen and oxygen atoms in total. The maximum atomic E-state index is 13.0. The molecule has 0 unspecified atom stereocenters. The number of likely N-dealkylation sites (tertiary alicyclic amines) is 1. The number of carbonyl (C=O) groups excluding carboxylic acids is 1. The number of hydrogen-bond acceptors (Lipinski definition) is 2. The largest absolute Gasteiger partial charge is 0.416 e. The highest BCUT2D eigenvalue weighted by atomic mass is 19.4. The summed E-state index contributed by atoms with van der Waals surface area (Å²) in [5.74, 6) is -0.0440. The SMILES string of the molecule is NC(=O)CN1CCC[C@@H](CCc2ccccc2C(F)(F)F)C1. The fourth-order valence-corrected chi connectivity index (χ4v) is 3.13. The molecule has 22 heavy (non-hydrogen) atoms. The van der Waals surface area contributed by atoms with Crippen molar-refractivity contribution in [2.75, 3.05) is 19.6 Å². The van der Waals surface area contributed by atoms with Crippen LogP contribution in [0.1, 0.15) is 30.4 Å². The van der Waals surface area contributed by atoms with Crippen LogP contribution in [0.25, 0.3) is 0 Å².